The summed E-state index contributed by atoms with van der Waals surface area (Å²) in [6, 6.07) is 1.86. The Labute approximate surface area is 128 Å². The van der Waals surface area contributed by atoms with Crippen LogP contribution in [-0.4, -0.2) is 31.6 Å². The highest BCUT2D eigenvalue weighted by atomic mass is 32.2. The summed E-state index contributed by atoms with van der Waals surface area (Å²) in [7, 11) is -3.68. The number of hydrogen-bond donors (Lipinski definition) is 1. The van der Waals surface area contributed by atoms with Gasteiger partial charge in [0.1, 0.15) is 11.3 Å². The van der Waals surface area contributed by atoms with Gasteiger partial charge in [-0.05, 0) is 6.07 Å². The number of carbonyl (C=O) groups excluding carboxylic acids is 1. The van der Waals surface area contributed by atoms with E-state index in [0.717, 1.165) is 23.5 Å². The highest BCUT2D eigenvalue weighted by Crippen LogP contribution is 2.34. The van der Waals surface area contributed by atoms with E-state index in [4.69, 9.17) is 5.14 Å². The normalized spacial score (nSPS) is 19.3. The fourth-order valence-corrected chi connectivity index (χ4v) is 4.38. The zero-order chi connectivity index (χ0) is 16.1. The molecule has 10 heteroatoms. The van der Waals surface area contributed by atoms with Gasteiger partial charge in [-0.15, -0.1) is 0 Å². The van der Waals surface area contributed by atoms with Crippen molar-refractivity contribution in [1.29, 1.82) is 0 Å². The standard InChI is InChI=1S/C12H11F2N3O3S2/c13-7-2-8(14)11-9(3-7)21-12(16-11)17-4-6(1-10(17)18)5-22(15,19)20/h2-3,6H,1,4-5H2,(H2,15,19,20). The molecule has 1 saturated heterocycles. The summed E-state index contributed by atoms with van der Waals surface area (Å²) < 4.78 is 49.3. The Morgan fingerprint density at radius 1 is 1.41 bits per heavy atom. The smallest absolute Gasteiger partial charge is 0.229 e. The lowest BCUT2D eigenvalue weighted by atomic mass is 10.1. The molecule has 0 saturated carbocycles. The quantitative estimate of drug-likeness (QED) is 0.903. The van der Waals surface area contributed by atoms with Crippen LogP contribution in [-0.2, 0) is 14.8 Å². The number of hydrogen-bond acceptors (Lipinski definition) is 5. The van der Waals surface area contributed by atoms with Gasteiger partial charge in [-0.3, -0.25) is 9.69 Å². The minimum atomic E-state index is -3.68. The molecule has 1 amide bonds. The minimum Gasteiger partial charge on any atom is -0.288 e. The number of anilines is 1. The van der Waals surface area contributed by atoms with Crippen molar-refractivity contribution >= 4 is 42.6 Å². The van der Waals surface area contributed by atoms with Crippen LogP contribution in [0.4, 0.5) is 13.9 Å². The molecule has 1 fully saturated rings. The third-order valence-electron chi connectivity index (χ3n) is 3.31. The number of sulfonamides is 1. The van der Waals surface area contributed by atoms with E-state index in [0.29, 0.717) is 0 Å². The van der Waals surface area contributed by atoms with E-state index in [9.17, 15) is 22.0 Å². The molecule has 0 aliphatic carbocycles. The van der Waals surface area contributed by atoms with Crippen molar-refractivity contribution in [2.45, 2.75) is 6.42 Å². The summed E-state index contributed by atoms with van der Waals surface area (Å²) in [6.45, 7) is 0.138. The number of fused-ring (bicyclic) bond motifs is 1. The number of nitrogens with two attached hydrogens (primary N) is 1. The van der Waals surface area contributed by atoms with Crippen molar-refractivity contribution < 1.29 is 22.0 Å². The van der Waals surface area contributed by atoms with Gasteiger partial charge in [-0.25, -0.2) is 27.3 Å². The average molecular weight is 347 g/mol. The molecule has 1 aliphatic heterocycles. The van der Waals surface area contributed by atoms with Gasteiger partial charge in [-0.1, -0.05) is 11.3 Å². The molecular formula is C12H11F2N3O3S2. The third kappa shape index (κ3) is 2.94. The van der Waals surface area contributed by atoms with Gasteiger partial charge in [0.25, 0.3) is 0 Å². The largest absolute Gasteiger partial charge is 0.288 e. The molecule has 0 spiro atoms. The summed E-state index contributed by atoms with van der Waals surface area (Å²) in [4.78, 5) is 17.3. The molecule has 1 atom stereocenters. The average Bonchev–Trinajstić information content (AvgIpc) is 2.90. The lowest BCUT2D eigenvalue weighted by molar-refractivity contribution is -0.117. The van der Waals surface area contributed by atoms with E-state index >= 15 is 0 Å². The molecule has 2 heterocycles. The fourth-order valence-electron chi connectivity index (χ4n) is 2.47. The van der Waals surface area contributed by atoms with E-state index in [-0.39, 0.29) is 40.0 Å². The van der Waals surface area contributed by atoms with E-state index in [1.807, 2.05) is 0 Å². The van der Waals surface area contributed by atoms with Crippen molar-refractivity contribution in [3.05, 3.63) is 23.8 Å². The summed E-state index contributed by atoms with van der Waals surface area (Å²) >= 11 is 0.980. The Kier molecular flexibility index (Phi) is 3.62. The summed E-state index contributed by atoms with van der Waals surface area (Å²) in [5, 5.41) is 5.20. The zero-order valence-corrected chi connectivity index (χ0v) is 12.8. The molecule has 22 heavy (non-hydrogen) atoms. The van der Waals surface area contributed by atoms with Crippen LogP contribution in [0.1, 0.15) is 6.42 Å². The number of primary sulfonamides is 1. The molecule has 1 unspecified atom stereocenters. The van der Waals surface area contributed by atoms with Gasteiger partial charge >= 0.3 is 0 Å². The molecule has 1 aromatic heterocycles. The summed E-state index contributed by atoms with van der Waals surface area (Å²) in [6.07, 6.45) is 0.0310. The molecule has 2 N–H and O–H groups in total. The minimum absolute atomic E-state index is 0.0101. The van der Waals surface area contributed by atoms with Gasteiger partial charge in [0.2, 0.25) is 15.9 Å². The number of thiazole rings is 1. The van der Waals surface area contributed by atoms with Gasteiger partial charge in [0, 0.05) is 24.9 Å². The summed E-state index contributed by atoms with van der Waals surface area (Å²) in [5.74, 6) is -2.57. The highest BCUT2D eigenvalue weighted by Gasteiger charge is 2.34. The van der Waals surface area contributed by atoms with Gasteiger partial charge in [0.05, 0.1) is 10.5 Å². The van der Waals surface area contributed by atoms with Crippen molar-refractivity contribution in [3.8, 4) is 0 Å². The van der Waals surface area contributed by atoms with Gasteiger partial charge in [-0.2, -0.15) is 0 Å². The molecule has 6 nitrogen and oxygen atoms in total. The molecule has 1 aliphatic rings. The second-order valence-electron chi connectivity index (χ2n) is 5.13. The Hall–Kier alpha value is -1.65. The van der Waals surface area contributed by atoms with Gasteiger partial charge < -0.3 is 0 Å². The van der Waals surface area contributed by atoms with E-state index in [2.05, 4.69) is 4.98 Å². The molecular weight excluding hydrogens is 336 g/mol. The van der Waals surface area contributed by atoms with Crippen LogP contribution in [0.25, 0.3) is 10.2 Å². The first-order valence-electron chi connectivity index (χ1n) is 6.29. The predicted octanol–water partition coefficient (Wildman–Crippen LogP) is 1.22. The van der Waals surface area contributed by atoms with Gasteiger partial charge in [0.15, 0.2) is 10.9 Å². The molecule has 118 valence electrons. The lowest BCUT2D eigenvalue weighted by Gasteiger charge is -2.12. The maximum Gasteiger partial charge on any atom is 0.229 e. The van der Waals surface area contributed by atoms with Crippen LogP contribution in [0.3, 0.4) is 0 Å². The van der Waals surface area contributed by atoms with Crippen LogP contribution in [0.5, 0.6) is 0 Å². The van der Waals surface area contributed by atoms with Crippen LogP contribution >= 0.6 is 11.3 Å². The molecule has 3 rings (SSSR count). The Morgan fingerprint density at radius 2 is 2.14 bits per heavy atom. The molecule has 2 aromatic rings. The molecule has 0 radical (unpaired) electrons. The summed E-state index contributed by atoms with van der Waals surface area (Å²) in [5.41, 5.74) is -0.0101. The Balaban J connectivity index is 1.91. The second kappa shape index (κ2) is 5.21. The van der Waals surface area contributed by atoms with Crippen molar-refractivity contribution in [3.63, 3.8) is 0 Å². The van der Waals surface area contributed by atoms with Crippen molar-refractivity contribution in [1.82, 2.24) is 4.98 Å². The number of amides is 1. The third-order valence-corrected chi connectivity index (χ3v) is 5.27. The second-order valence-corrected chi connectivity index (χ2v) is 7.80. The number of benzene rings is 1. The molecule has 0 bridgehead atoms. The fraction of sp³-hybridized carbons (Fsp3) is 0.333. The first-order chi connectivity index (χ1) is 10.2. The molecule has 1 aromatic carbocycles. The number of nitrogens with zero attached hydrogens (tertiary/aromatic N) is 2. The number of carbonyl (C=O) groups is 1. The SMILES string of the molecule is NS(=O)(=O)CC1CC(=O)N(c2nc3c(F)cc(F)cc3s2)C1. The maximum absolute atomic E-state index is 13.6. The number of rotatable bonds is 3. The van der Waals surface area contributed by atoms with Crippen LogP contribution in [0.2, 0.25) is 0 Å². The maximum atomic E-state index is 13.6. The first-order valence-corrected chi connectivity index (χ1v) is 8.82. The van der Waals surface area contributed by atoms with E-state index in [1.54, 1.807) is 0 Å². The van der Waals surface area contributed by atoms with Crippen LogP contribution in [0, 0.1) is 17.6 Å². The number of halogens is 2. The monoisotopic (exact) mass is 347 g/mol. The van der Waals surface area contributed by atoms with E-state index < -0.39 is 27.6 Å². The number of aromatic nitrogens is 1. The zero-order valence-electron chi connectivity index (χ0n) is 11.1. The first kappa shape index (κ1) is 15.3. The van der Waals surface area contributed by atoms with Crippen molar-refractivity contribution in [2.75, 3.05) is 17.2 Å². The Morgan fingerprint density at radius 3 is 2.82 bits per heavy atom. The Bertz CT molecular complexity index is 866. The topological polar surface area (TPSA) is 93.4 Å². The van der Waals surface area contributed by atoms with E-state index in [1.165, 1.54) is 4.90 Å². The van der Waals surface area contributed by atoms with Crippen LogP contribution in [0.15, 0.2) is 12.1 Å². The van der Waals surface area contributed by atoms with Crippen molar-refractivity contribution in [2.24, 2.45) is 11.1 Å². The lowest BCUT2D eigenvalue weighted by Crippen LogP contribution is -2.27. The van der Waals surface area contributed by atoms with Crippen LogP contribution < -0.4 is 10.0 Å². The highest BCUT2D eigenvalue weighted by molar-refractivity contribution is 7.89. The predicted molar refractivity (Wildman–Crippen MR) is 78.0 cm³/mol.